The second-order valence-electron chi connectivity index (χ2n) is 9.18. The van der Waals surface area contributed by atoms with Crippen LogP contribution < -0.4 is 10.2 Å². The molecule has 0 aliphatic carbocycles. The summed E-state index contributed by atoms with van der Waals surface area (Å²) in [6.45, 7) is 7.42. The number of amides is 3. The van der Waals surface area contributed by atoms with Crippen molar-refractivity contribution in [1.82, 2.24) is 15.1 Å². The minimum Gasteiger partial charge on any atom is -0.382 e. The first-order valence-corrected chi connectivity index (χ1v) is 12.8. The fourth-order valence-corrected chi connectivity index (χ4v) is 4.91. The van der Waals surface area contributed by atoms with Gasteiger partial charge in [-0.2, -0.15) is 0 Å². The van der Waals surface area contributed by atoms with Crippen molar-refractivity contribution < 1.29 is 19.1 Å². The van der Waals surface area contributed by atoms with Gasteiger partial charge in [0, 0.05) is 45.0 Å². The van der Waals surface area contributed by atoms with Gasteiger partial charge in [0.05, 0.1) is 6.67 Å². The van der Waals surface area contributed by atoms with Gasteiger partial charge < -0.3 is 24.8 Å². The highest BCUT2D eigenvalue weighted by molar-refractivity contribution is 5.96. The fraction of sp³-hybridized carbons (Fsp3) is 0.654. The molecule has 0 bridgehead atoms. The zero-order valence-corrected chi connectivity index (χ0v) is 20.8. The summed E-state index contributed by atoms with van der Waals surface area (Å²) in [5.74, 6) is 0.0145. The van der Waals surface area contributed by atoms with Crippen LogP contribution in [0.2, 0.25) is 0 Å². The van der Waals surface area contributed by atoms with Crippen LogP contribution in [0.3, 0.4) is 0 Å². The highest BCUT2D eigenvalue weighted by Crippen LogP contribution is 2.39. The van der Waals surface area contributed by atoms with Crippen LogP contribution in [0.5, 0.6) is 0 Å². The molecule has 0 aromatic heterocycles. The van der Waals surface area contributed by atoms with Crippen molar-refractivity contribution in [3.63, 3.8) is 0 Å². The van der Waals surface area contributed by atoms with Gasteiger partial charge in [-0.3, -0.25) is 14.4 Å². The molecule has 2 fully saturated rings. The number of benzene rings is 1. The molecule has 188 valence electrons. The Balaban J connectivity index is 1.65. The lowest BCUT2D eigenvalue weighted by Crippen LogP contribution is -2.57. The van der Waals surface area contributed by atoms with Crippen LogP contribution in [0.15, 0.2) is 30.3 Å². The molecular weight excluding hydrogens is 432 g/mol. The van der Waals surface area contributed by atoms with E-state index in [1.807, 2.05) is 42.2 Å². The van der Waals surface area contributed by atoms with Crippen LogP contribution in [0.25, 0.3) is 0 Å². The van der Waals surface area contributed by atoms with Gasteiger partial charge in [-0.05, 0) is 44.7 Å². The molecule has 1 aromatic carbocycles. The fourth-order valence-electron chi connectivity index (χ4n) is 4.91. The van der Waals surface area contributed by atoms with E-state index >= 15 is 0 Å². The number of unbranched alkanes of at least 4 members (excludes halogenated alkanes) is 2. The standard InChI is InChI=1S/C26H40N4O4/c1-3-5-7-13-24(32)28-17-14-26(15-18-28)25(33)29(20-23(31)27-16-10-19-34-4-2)21-30(26)22-11-8-6-9-12-22/h6,8-9,11-12H,3-5,7,10,13-21H2,1-2H3,(H,27,31). The largest absolute Gasteiger partial charge is 0.382 e. The SMILES string of the molecule is CCCCCC(=O)N1CCC2(CC1)C(=O)N(CC(=O)NCCCOCC)CN2c1ccccc1. The Morgan fingerprint density at radius 3 is 2.47 bits per heavy atom. The number of hydrogen-bond donors (Lipinski definition) is 1. The average Bonchev–Trinajstić information content (AvgIpc) is 3.11. The van der Waals surface area contributed by atoms with Gasteiger partial charge in [0.1, 0.15) is 12.1 Å². The Bertz CT molecular complexity index is 808. The Labute approximate surface area is 203 Å². The van der Waals surface area contributed by atoms with E-state index in [9.17, 15) is 14.4 Å². The smallest absolute Gasteiger partial charge is 0.250 e. The van der Waals surface area contributed by atoms with Crippen molar-refractivity contribution in [3.05, 3.63) is 30.3 Å². The summed E-state index contributed by atoms with van der Waals surface area (Å²) in [4.78, 5) is 44.6. The summed E-state index contributed by atoms with van der Waals surface area (Å²) in [7, 11) is 0. The summed E-state index contributed by atoms with van der Waals surface area (Å²) in [6, 6.07) is 9.91. The minimum absolute atomic E-state index is 0.0149. The zero-order valence-electron chi connectivity index (χ0n) is 20.8. The van der Waals surface area contributed by atoms with E-state index in [1.54, 1.807) is 4.90 Å². The van der Waals surface area contributed by atoms with Crippen LogP contribution in [-0.4, -0.2) is 79.1 Å². The average molecular weight is 473 g/mol. The predicted molar refractivity (Wildman–Crippen MR) is 132 cm³/mol. The molecule has 1 aromatic rings. The van der Waals surface area contributed by atoms with Gasteiger partial charge in [0.2, 0.25) is 11.8 Å². The normalized spacial score (nSPS) is 17.5. The first-order chi connectivity index (χ1) is 16.5. The van der Waals surface area contributed by atoms with Crippen LogP contribution in [0.1, 0.15) is 58.8 Å². The third kappa shape index (κ3) is 6.29. The van der Waals surface area contributed by atoms with Crippen molar-refractivity contribution in [2.45, 2.75) is 64.3 Å². The number of rotatable bonds is 12. The number of likely N-dealkylation sites (tertiary alicyclic amines) is 1. The Morgan fingerprint density at radius 1 is 1.06 bits per heavy atom. The van der Waals surface area contributed by atoms with Crippen molar-refractivity contribution in [1.29, 1.82) is 0 Å². The third-order valence-electron chi connectivity index (χ3n) is 6.85. The van der Waals surface area contributed by atoms with E-state index in [0.717, 1.165) is 31.4 Å². The molecule has 0 unspecified atom stereocenters. The van der Waals surface area contributed by atoms with E-state index in [1.165, 1.54) is 0 Å². The molecule has 0 saturated carbocycles. The van der Waals surface area contributed by atoms with Crippen molar-refractivity contribution in [2.24, 2.45) is 0 Å². The van der Waals surface area contributed by atoms with Gasteiger partial charge in [0.15, 0.2) is 0 Å². The first-order valence-electron chi connectivity index (χ1n) is 12.8. The molecule has 2 aliphatic rings. The van der Waals surface area contributed by atoms with E-state index in [-0.39, 0.29) is 24.3 Å². The maximum atomic E-state index is 13.7. The number of hydrogen-bond acceptors (Lipinski definition) is 5. The monoisotopic (exact) mass is 472 g/mol. The highest BCUT2D eigenvalue weighted by atomic mass is 16.5. The lowest BCUT2D eigenvalue weighted by molar-refractivity contribution is -0.140. The summed E-state index contributed by atoms with van der Waals surface area (Å²) < 4.78 is 5.31. The lowest BCUT2D eigenvalue weighted by atomic mass is 9.85. The number of ether oxygens (including phenoxy) is 1. The molecule has 3 rings (SSSR count). The van der Waals surface area contributed by atoms with Crippen molar-refractivity contribution >= 4 is 23.4 Å². The molecule has 3 amide bonds. The molecule has 2 saturated heterocycles. The number of nitrogens with zero attached hydrogens (tertiary/aromatic N) is 3. The van der Waals surface area contributed by atoms with E-state index in [2.05, 4.69) is 17.1 Å². The van der Waals surface area contributed by atoms with Crippen LogP contribution >= 0.6 is 0 Å². The van der Waals surface area contributed by atoms with E-state index in [0.29, 0.717) is 58.8 Å². The summed E-state index contributed by atoms with van der Waals surface area (Å²) >= 11 is 0. The highest BCUT2D eigenvalue weighted by Gasteiger charge is 2.54. The maximum Gasteiger partial charge on any atom is 0.250 e. The molecule has 1 N–H and O–H groups in total. The predicted octanol–water partition coefficient (Wildman–Crippen LogP) is 2.78. The molecule has 1 spiro atoms. The van der Waals surface area contributed by atoms with Crippen molar-refractivity contribution in [3.8, 4) is 0 Å². The van der Waals surface area contributed by atoms with Crippen LogP contribution in [0.4, 0.5) is 5.69 Å². The Morgan fingerprint density at radius 2 is 1.79 bits per heavy atom. The molecule has 0 atom stereocenters. The van der Waals surface area contributed by atoms with Crippen LogP contribution in [-0.2, 0) is 19.1 Å². The Kier molecular flexibility index (Phi) is 9.74. The van der Waals surface area contributed by atoms with Crippen LogP contribution in [0, 0.1) is 0 Å². The van der Waals surface area contributed by atoms with Gasteiger partial charge >= 0.3 is 0 Å². The third-order valence-corrected chi connectivity index (χ3v) is 6.85. The number of nitrogens with one attached hydrogen (secondary N) is 1. The summed E-state index contributed by atoms with van der Waals surface area (Å²) in [5, 5.41) is 2.90. The summed E-state index contributed by atoms with van der Waals surface area (Å²) in [6.07, 6.45) is 5.54. The van der Waals surface area contributed by atoms with E-state index < -0.39 is 5.54 Å². The van der Waals surface area contributed by atoms with Crippen molar-refractivity contribution in [2.75, 3.05) is 51.0 Å². The quantitative estimate of drug-likeness (QED) is 0.473. The zero-order chi connectivity index (χ0) is 24.4. The molecule has 8 nitrogen and oxygen atoms in total. The van der Waals surface area contributed by atoms with Gasteiger partial charge in [-0.25, -0.2) is 0 Å². The van der Waals surface area contributed by atoms with Gasteiger partial charge in [0.25, 0.3) is 5.91 Å². The molecule has 2 aliphatic heterocycles. The second kappa shape index (κ2) is 12.7. The van der Waals surface area contributed by atoms with Gasteiger partial charge in [-0.15, -0.1) is 0 Å². The Hall–Kier alpha value is -2.61. The summed E-state index contributed by atoms with van der Waals surface area (Å²) in [5.41, 5.74) is 0.259. The maximum absolute atomic E-state index is 13.7. The lowest BCUT2D eigenvalue weighted by Gasteiger charge is -2.43. The topological polar surface area (TPSA) is 82.2 Å². The second-order valence-corrected chi connectivity index (χ2v) is 9.18. The minimum atomic E-state index is -0.712. The molecule has 2 heterocycles. The molecule has 8 heteroatoms. The molecular formula is C26H40N4O4. The number of carbonyl (C=O) groups excluding carboxylic acids is 3. The first kappa shape index (κ1) is 26.0. The molecule has 0 radical (unpaired) electrons. The number of piperidine rings is 1. The number of anilines is 1. The van der Waals surface area contributed by atoms with Gasteiger partial charge in [-0.1, -0.05) is 38.0 Å². The number of carbonyl (C=O) groups is 3. The van der Waals surface area contributed by atoms with E-state index in [4.69, 9.17) is 4.74 Å². The number of para-hydroxylation sites is 1. The molecule has 34 heavy (non-hydrogen) atoms.